The number of nitrogens with two attached hydrogens (primary N) is 1. The second kappa shape index (κ2) is 1.86. The van der Waals surface area contributed by atoms with Gasteiger partial charge in [-0.05, 0) is 18.8 Å². The lowest BCUT2D eigenvalue weighted by atomic mass is 10.0. The normalized spacial score (nSPS) is 55.6. The fourth-order valence-electron chi connectivity index (χ4n) is 2.92. The molecule has 68 valence electrons. The van der Waals surface area contributed by atoms with Gasteiger partial charge in [-0.1, -0.05) is 0 Å². The quantitative estimate of drug-likeness (QED) is 0.562. The molecule has 2 bridgehead atoms. The Bertz CT molecular complexity index is 326. The van der Waals surface area contributed by atoms with Crippen molar-refractivity contribution >= 4 is 10.0 Å². The number of fused-ring (bicyclic) bond motifs is 5. The molecule has 1 heterocycles. The molecule has 2 N–H and O–H groups in total. The Labute approximate surface area is 71.1 Å². The molecule has 5 unspecified atom stereocenters. The Morgan fingerprint density at radius 3 is 2.50 bits per heavy atom. The number of sulfonamides is 1. The van der Waals surface area contributed by atoms with Crippen LogP contribution in [0.2, 0.25) is 0 Å². The van der Waals surface area contributed by atoms with Crippen LogP contribution in [0.4, 0.5) is 0 Å². The highest BCUT2D eigenvalue weighted by molar-refractivity contribution is 7.89. The van der Waals surface area contributed by atoms with E-state index in [1.165, 1.54) is 0 Å². The molecular weight excluding hydrogens is 178 g/mol. The predicted molar refractivity (Wildman–Crippen MR) is 41.8 cm³/mol. The van der Waals surface area contributed by atoms with Crippen molar-refractivity contribution in [2.24, 2.45) is 17.0 Å². The molecule has 0 amide bonds. The molecule has 2 aliphatic carbocycles. The van der Waals surface area contributed by atoms with Gasteiger partial charge in [0.15, 0.2) is 0 Å². The Morgan fingerprint density at radius 2 is 2.00 bits per heavy atom. The van der Waals surface area contributed by atoms with Crippen LogP contribution in [0.25, 0.3) is 0 Å². The zero-order valence-corrected chi connectivity index (χ0v) is 7.33. The second-order valence-electron chi connectivity index (χ2n) is 4.09. The maximum absolute atomic E-state index is 11.1. The number of rotatable bonds is 1. The highest BCUT2D eigenvalue weighted by Crippen LogP contribution is 2.57. The summed E-state index contributed by atoms with van der Waals surface area (Å²) >= 11 is 0. The third kappa shape index (κ3) is 0.765. The van der Waals surface area contributed by atoms with Gasteiger partial charge in [-0.15, -0.1) is 0 Å². The first-order valence-electron chi connectivity index (χ1n) is 4.24. The molecule has 0 spiro atoms. The molecule has 3 rings (SSSR count). The smallest absolute Gasteiger partial charge is 0.212 e. The van der Waals surface area contributed by atoms with Gasteiger partial charge in [-0.3, -0.25) is 0 Å². The zero-order valence-electron chi connectivity index (χ0n) is 6.51. The van der Waals surface area contributed by atoms with E-state index in [9.17, 15) is 8.42 Å². The average Bonchev–Trinajstić information content (AvgIpc) is 2.55. The first-order chi connectivity index (χ1) is 5.57. The van der Waals surface area contributed by atoms with E-state index in [1.807, 2.05) is 0 Å². The van der Waals surface area contributed by atoms with Gasteiger partial charge in [0, 0.05) is 5.92 Å². The largest absolute Gasteiger partial charge is 0.369 e. The van der Waals surface area contributed by atoms with E-state index in [0.717, 1.165) is 12.8 Å². The fraction of sp³-hybridized carbons (Fsp3) is 1.00. The summed E-state index contributed by atoms with van der Waals surface area (Å²) < 4.78 is 27.6. The molecule has 1 saturated heterocycles. The van der Waals surface area contributed by atoms with Gasteiger partial charge in [0.2, 0.25) is 10.0 Å². The Balaban J connectivity index is 1.94. The predicted octanol–water partition coefficient (Wildman–Crippen LogP) is -0.549. The van der Waals surface area contributed by atoms with Crippen LogP contribution in [0.15, 0.2) is 0 Å². The summed E-state index contributed by atoms with van der Waals surface area (Å²) in [5.41, 5.74) is 0. The van der Waals surface area contributed by atoms with Crippen molar-refractivity contribution in [1.29, 1.82) is 0 Å². The number of hydrogen-bond acceptors (Lipinski definition) is 3. The van der Waals surface area contributed by atoms with Gasteiger partial charge >= 0.3 is 0 Å². The maximum Gasteiger partial charge on any atom is 0.212 e. The third-order valence-electron chi connectivity index (χ3n) is 3.46. The van der Waals surface area contributed by atoms with Crippen molar-refractivity contribution in [3.8, 4) is 0 Å². The molecular formula is C7H11NO3S. The Hall–Kier alpha value is -0.130. The third-order valence-corrected chi connectivity index (χ3v) is 4.84. The van der Waals surface area contributed by atoms with Crippen molar-refractivity contribution < 1.29 is 13.2 Å². The topological polar surface area (TPSA) is 72.7 Å². The first-order valence-corrected chi connectivity index (χ1v) is 5.85. The van der Waals surface area contributed by atoms with Crippen molar-refractivity contribution in [3.63, 3.8) is 0 Å². The van der Waals surface area contributed by atoms with Crippen LogP contribution in [-0.2, 0) is 14.8 Å². The molecule has 0 aromatic rings. The number of epoxide rings is 1. The summed E-state index contributed by atoms with van der Waals surface area (Å²) in [6.45, 7) is 0. The van der Waals surface area contributed by atoms with Gasteiger partial charge < -0.3 is 4.74 Å². The van der Waals surface area contributed by atoms with Gasteiger partial charge in [0.05, 0.1) is 17.5 Å². The van der Waals surface area contributed by atoms with Gasteiger partial charge in [0.1, 0.15) is 0 Å². The lowest BCUT2D eigenvalue weighted by Gasteiger charge is -2.15. The number of primary sulfonamides is 1. The van der Waals surface area contributed by atoms with Crippen molar-refractivity contribution in [1.82, 2.24) is 0 Å². The van der Waals surface area contributed by atoms with Crippen LogP contribution < -0.4 is 5.14 Å². The lowest BCUT2D eigenvalue weighted by Crippen LogP contribution is -2.35. The molecule has 1 aliphatic heterocycles. The van der Waals surface area contributed by atoms with Gasteiger partial charge in [0.25, 0.3) is 0 Å². The summed E-state index contributed by atoms with van der Waals surface area (Å²) in [5, 5.41) is 4.81. The molecule has 3 aliphatic rings. The molecule has 5 atom stereocenters. The summed E-state index contributed by atoms with van der Waals surface area (Å²) in [7, 11) is -3.32. The van der Waals surface area contributed by atoms with E-state index in [0.29, 0.717) is 12.0 Å². The molecule has 0 aromatic heterocycles. The Kier molecular flexibility index (Phi) is 1.13. The molecule has 5 heteroatoms. The highest BCUT2D eigenvalue weighted by atomic mass is 32.2. The molecule has 12 heavy (non-hydrogen) atoms. The van der Waals surface area contributed by atoms with E-state index in [-0.39, 0.29) is 17.3 Å². The summed E-state index contributed by atoms with van der Waals surface area (Å²) in [4.78, 5) is 0. The first kappa shape index (κ1) is 7.29. The van der Waals surface area contributed by atoms with Crippen LogP contribution in [0.5, 0.6) is 0 Å². The summed E-state index contributed by atoms with van der Waals surface area (Å²) in [6.07, 6.45) is 2.35. The van der Waals surface area contributed by atoms with Crippen LogP contribution in [0.3, 0.4) is 0 Å². The van der Waals surface area contributed by atoms with Gasteiger partial charge in [-0.25, -0.2) is 13.6 Å². The molecule has 3 fully saturated rings. The van der Waals surface area contributed by atoms with Crippen LogP contribution in [0.1, 0.15) is 12.8 Å². The van der Waals surface area contributed by atoms with E-state index < -0.39 is 10.0 Å². The average molecular weight is 189 g/mol. The van der Waals surface area contributed by atoms with Crippen LogP contribution in [0, 0.1) is 11.8 Å². The van der Waals surface area contributed by atoms with Crippen molar-refractivity contribution in [2.75, 3.05) is 0 Å². The monoisotopic (exact) mass is 189 g/mol. The summed E-state index contributed by atoms with van der Waals surface area (Å²) in [6, 6.07) is 0. The number of hydrogen-bond donors (Lipinski definition) is 1. The molecule has 4 nitrogen and oxygen atoms in total. The fourth-order valence-corrected chi connectivity index (χ4v) is 4.19. The summed E-state index contributed by atoms with van der Waals surface area (Å²) in [5.74, 6) is 0.679. The minimum atomic E-state index is -3.32. The lowest BCUT2D eigenvalue weighted by molar-refractivity contribution is 0.264. The maximum atomic E-state index is 11.1. The van der Waals surface area contributed by atoms with Crippen LogP contribution in [-0.4, -0.2) is 25.9 Å². The van der Waals surface area contributed by atoms with Crippen molar-refractivity contribution in [2.45, 2.75) is 30.3 Å². The standard InChI is InChI=1S/C7H11NO3S/c8-12(9,10)5-2-3-1-4(5)7-6(3)11-7/h3-7H,1-2H2,(H2,8,9,10). The second-order valence-corrected chi connectivity index (χ2v) is 5.87. The van der Waals surface area contributed by atoms with Crippen LogP contribution >= 0.6 is 0 Å². The zero-order chi connectivity index (χ0) is 8.51. The minimum Gasteiger partial charge on any atom is -0.369 e. The van der Waals surface area contributed by atoms with E-state index >= 15 is 0 Å². The van der Waals surface area contributed by atoms with E-state index in [2.05, 4.69) is 0 Å². The van der Waals surface area contributed by atoms with Gasteiger partial charge in [-0.2, -0.15) is 0 Å². The number of ether oxygens (including phenoxy) is 1. The SMILES string of the molecule is NS(=O)(=O)C1CC2CC1C1OC21. The van der Waals surface area contributed by atoms with Crippen molar-refractivity contribution in [3.05, 3.63) is 0 Å². The minimum absolute atomic E-state index is 0.204. The molecule has 0 aromatic carbocycles. The Morgan fingerprint density at radius 1 is 1.25 bits per heavy atom. The molecule has 0 radical (unpaired) electrons. The molecule has 2 saturated carbocycles. The highest BCUT2D eigenvalue weighted by Gasteiger charge is 2.65. The van der Waals surface area contributed by atoms with E-state index in [4.69, 9.17) is 9.88 Å². The van der Waals surface area contributed by atoms with E-state index in [1.54, 1.807) is 0 Å².